The standard InChI is InChI=1S/C43H56IN3O12/c1-43(2,3)59-42(53)46-18-17-45-37(50)26-57-32-11-9-10-28(21-32)34(16-14-27-13-15-29(24-48)31(20-27)25-49)58-41(52)33-12-7-8-19-47(33)40(51)38(44)30-22-35(54-4)39(56-6)36(23-30)55-5/h9-11,13,15,20-23,33-34,38,48-49H,7-8,12,14,16-19,24-26H2,1-6H3,(H,45,50)(H,46,53)/t33-,34+,38-/m0/s1. The van der Waals surface area contributed by atoms with Crippen LogP contribution in [0, 0.1) is 0 Å². The Balaban J connectivity index is 1.51. The number of ether oxygens (including phenoxy) is 6. The Bertz CT molecular complexity index is 1880. The molecule has 0 aromatic heterocycles. The maximum absolute atomic E-state index is 14.2. The van der Waals surface area contributed by atoms with Gasteiger partial charge in [0.15, 0.2) is 18.1 Å². The summed E-state index contributed by atoms with van der Waals surface area (Å²) in [5.74, 6) is 0.377. The first kappa shape index (κ1) is 46.9. The number of aliphatic hydroxyl groups is 2. The lowest BCUT2D eigenvalue weighted by Gasteiger charge is -2.36. The van der Waals surface area contributed by atoms with Gasteiger partial charge in [-0.15, -0.1) is 0 Å². The molecule has 4 rings (SSSR count). The first-order valence-corrected chi connectivity index (χ1v) is 20.7. The minimum atomic E-state index is -0.837. The highest BCUT2D eigenvalue weighted by atomic mass is 127. The van der Waals surface area contributed by atoms with E-state index in [-0.39, 0.29) is 38.8 Å². The normalized spacial score (nSPS) is 15.0. The van der Waals surface area contributed by atoms with Gasteiger partial charge in [-0.25, -0.2) is 9.59 Å². The Hall–Kier alpha value is -4.81. The van der Waals surface area contributed by atoms with Crippen molar-refractivity contribution in [2.45, 2.75) is 87.8 Å². The van der Waals surface area contributed by atoms with E-state index in [0.717, 1.165) is 18.4 Å². The van der Waals surface area contributed by atoms with E-state index in [4.69, 9.17) is 28.4 Å². The minimum Gasteiger partial charge on any atom is -0.493 e. The largest absolute Gasteiger partial charge is 0.493 e. The van der Waals surface area contributed by atoms with Crippen LogP contribution in [0.3, 0.4) is 0 Å². The van der Waals surface area contributed by atoms with Gasteiger partial charge in [0.25, 0.3) is 5.91 Å². The van der Waals surface area contributed by atoms with Crippen LogP contribution in [0.4, 0.5) is 4.79 Å². The van der Waals surface area contributed by atoms with Gasteiger partial charge >= 0.3 is 12.1 Å². The molecule has 59 heavy (non-hydrogen) atoms. The van der Waals surface area contributed by atoms with E-state index in [1.165, 1.54) is 21.3 Å². The fourth-order valence-corrected chi connectivity index (χ4v) is 7.33. The number of carbonyl (C=O) groups excluding carboxylic acids is 4. The molecule has 1 aliphatic heterocycles. The van der Waals surface area contributed by atoms with Gasteiger partial charge in [0, 0.05) is 19.6 Å². The molecule has 1 heterocycles. The third kappa shape index (κ3) is 13.6. The molecule has 16 heteroatoms. The molecule has 3 amide bonds. The maximum atomic E-state index is 14.2. The highest BCUT2D eigenvalue weighted by molar-refractivity contribution is 14.1. The number of likely N-dealkylation sites (tertiary alicyclic amines) is 1. The van der Waals surface area contributed by atoms with Crippen molar-refractivity contribution in [1.29, 1.82) is 0 Å². The maximum Gasteiger partial charge on any atom is 0.407 e. The number of carbonyl (C=O) groups is 4. The molecule has 0 spiro atoms. The second-order valence-corrected chi connectivity index (χ2v) is 16.1. The minimum absolute atomic E-state index is 0.165. The van der Waals surface area contributed by atoms with E-state index in [2.05, 4.69) is 33.2 Å². The number of alkyl halides is 1. The summed E-state index contributed by atoms with van der Waals surface area (Å²) in [6.07, 6.45) is 1.30. The summed E-state index contributed by atoms with van der Waals surface area (Å²) in [6, 6.07) is 15.0. The van der Waals surface area contributed by atoms with Crippen LogP contribution >= 0.6 is 22.6 Å². The number of aliphatic hydroxyl groups excluding tert-OH is 2. The van der Waals surface area contributed by atoms with Crippen molar-refractivity contribution in [2.24, 2.45) is 0 Å². The molecule has 0 saturated carbocycles. The van der Waals surface area contributed by atoms with Gasteiger partial charge in [-0.3, -0.25) is 9.59 Å². The molecule has 15 nitrogen and oxygen atoms in total. The molecule has 1 aliphatic rings. The van der Waals surface area contributed by atoms with E-state index in [1.54, 1.807) is 68.1 Å². The molecule has 1 saturated heterocycles. The monoisotopic (exact) mass is 933 g/mol. The quantitative estimate of drug-likeness (QED) is 0.0513. The second-order valence-electron chi connectivity index (χ2n) is 14.9. The summed E-state index contributed by atoms with van der Waals surface area (Å²) >= 11 is 2.06. The molecule has 4 N–H and O–H groups in total. The average molecular weight is 934 g/mol. The zero-order chi connectivity index (χ0) is 43.1. The topological polar surface area (TPSA) is 191 Å². The molecule has 3 aromatic rings. The lowest BCUT2D eigenvalue weighted by Crippen LogP contribution is -2.49. The van der Waals surface area contributed by atoms with Gasteiger partial charge in [0.05, 0.1) is 34.5 Å². The summed E-state index contributed by atoms with van der Waals surface area (Å²) in [4.78, 5) is 54.4. The van der Waals surface area contributed by atoms with Crippen LogP contribution in [0.2, 0.25) is 0 Å². The van der Waals surface area contributed by atoms with Crippen LogP contribution in [-0.4, -0.2) is 98.2 Å². The van der Waals surface area contributed by atoms with Gasteiger partial charge in [0.2, 0.25) is 11.7 Å². The third-order valence-electron chi connectivity index (χ3n) is 9.53. The first-order chi connectivity index (χ1) is 28.2. The van der Waals surface area contributed by atoms with Crippen molar-refractivity contribution in [3.8, 4) is 23.0 Å². The molecule has 0 aliphatic carbocycles. The second kappa shape index (κ2) is 22.5. The molecule has 0 radical (unpaired) electrons. The molecule has 3 aromatic carbocycles. The van der Waals surface area contributed by atoms with Gasteiger partial charge in [-0.2, -0.15) is 0 Å². The zero-order valence-corrected chi connectivity index (χ0v) is 36.7. The molecular formula is C43H56IN3O12. The summed E-state index contributed by atoms with van der Waals surface area (Å²) in [6.45, 7) is 5.22. The highest BCUT2D eigenvalue weighted by Crippen LogP contribution is 2.42. The van der Waals surface area contributed by atoms with E-state index in [1.807, 2.05) is 12.1 Å². The first-order valence-electron chi connectivity index (χ1n) is 19.4. The van der Waals surface area contributed by atoms with Gasteiger partial charge in [-0.05, 0) is 105 Å². The number of esters is 1. The van der Waals surface area contributed by atoms with Crippen LogP contribution in [0.5, 0.6) is 23.0 Å². The van der Waals surface area contributed by atoms with Crippen molar-refractivity contribution >= 4 is 46.5 Å². The van der Waals surface area contributed by atoms with Crippen molar-refractivity contribution in [1.82, 2.24) is 15.5 Å². The van der Waals surface area contributed by atoms with Gasteiger partial charge < -0.3 is 54.2 Å². The van der Waals surface area contributed by atoms with Gasteiger partial charge in [-0.1, -0.05) is 52.9 Å². The zero-order valence-electron chi connectivity index (χ0n) is 34.5. The number of hydrogen-bond acceptors (Lipinski definition) is 12. The number of aryl methyl sites for hydroxylation is 1. The highest BCUT2D eigenvalue weighted by Gasteiger charge is 2.38. The Morgan fingerprint density at radius 3 is 2.20 bits per heavy atom. The number of alkyl carbamates (subject to hydrolysis) is 1. The molecule has 3 atom stereocenters. The number of nitrogens with zero attached hydrogens (tertiary/aromatic N) is 1. The lowest BCUT2D eigenvalue weighted by molar-refractivity contribution is -0.162. The van der Waals surface area contributed by atoms with E-state index >= 15 is 0 Å². The van der Waals surface area contributed by atoms with Crippen LogP contribution in [0.25, 0.3) is 0 Å². The molecular weight excluding hydrogens is 877 g/mol. The molecule has 0 unspecified atom stereocenters. The molecule has 0 bridgehead atoms. The third-order valence-corrected chi connectivity index (χ3v) is 10.8. The predicted octanol–water partition coefficient (Wildman–Crippen LogP) is 5.49. The van der Waals surface area contributed by atoms with E-state index < -0.39 is 39.6 Å². The number of rotatable bonds is 19. The summed E-state index contributed by atoms with van der Waals surface area (Å²) in [5, 5.41) is 24.9. The van der Waals surface area contributed by atoms with E-state index in [0.29, 0.717) is 71.1 Å². The Labute approximate surface area is 359 Å². The number of benzene rings is 3. The number of piperidine rings is 1. The van der Waals surface area contributed by atoms with E-state index in [9.17, 15) is 29.4 Å². The molecule has 1 fully saturated rings. The average Bonchev–Trinajstić information content (AvgIpc) is 3.23. The predicted molar refractivity (Wildman–Crippen MR) is 227 cm³/mol. The summed E-state index contributed by atoms with van der Waals surface area (Å²) < 4.78 is 33.1. The Morgan fingerprint density at radius 1 is 0.864 bits per heavy atom. The van der Waals surface area contributed by atoms with Crippen LogP contribution in [0.15, 0.2) is 54.6 Å². The number of methoxy groups -OCH3 is 3. The van der Waals surface area contributed by atoms with Crippen molar-refractivity contribution in [3.05, 3.63) is 82.4 Å². The van der Waals surface area contributed by atoms with Crippen molar-refractivity contribution in [3.63, 3.8) is 0 Å². The smallest absolute Gasteiger partial charge is 0.407 e. The SMILES string of the molecule is COc1cc([C@H](I)C(=O)N2CCCC[C@H]2C(=O)O[C@H](CCc2ccc(CO)c(CO)c2)c2cccc(OCC(=O)NCCNC(=O)OC(C)(C)C)c2)cc(OC)c1OC. The van der Waals surface area contributed by atoms with Crippen LogP contribution in [0.1, 0.15) is 84.3 Å². The van der Waals surface area contributed by atoms with Crippen molar-refractivity contribution < 1.29 is 57.8 Å². The fraction of sp³-hybridized carbons (Fsp3) is 0.488. The number of amides is 3. The lowest BCUT2D eigenvalue weighted by atomic mass is 9.97. The molecule has 322 valence electrons. The van der Waals surface area contributed by atoms with Crippen LogP contribution < -0.4 is 29.6 Å². The van der Waals surface area contributed by atoms with Crippen molar-refractivity contribution in [2.75, 3.05) is 47.6 Å². The van der Waals surface area contributed by atoms with Gasteiger partial charge in [0.1, 0.15) is 27.4 Å². The summed E-state index contributed by atoms with van der Waals surface area (Å²) in [7, 11) is 4.51. The Kier molecular flexibility index (Phi) is 17.9. The van der Waals surface area contributed by atoms with Crippen LogP contribution in [-0.2, 0) is 43.5 Å². The summed E-state index contributed by atoms with van der Waals surface area (Å²) in [5.41, 5.74) is 2.69. The number of nitrogens with one attached hydrogen (secondary N) is 2. The fourth-order valence-electron chi connectivity index (χ4n) is 6.61. The Morgan fingerprint density at radius 2 is 1.56 bits per heavy atom. The number of halogens is 1. The number of hydrogen-bond donors (Lipinski definition) is 4.